The molecule has 0 fully saturated rings. The van der Waals surface area contributed by atoms with Gasteiger partial charge in [-0.1, -0.05) is 0 Å². The third-order valence-corrected chi connectivity index (χ3v) is 2.58. The highest BCUT2D eigenvalue weighted by molar-refractivity contribution is 6.05. The molecule has 8 nitrogen and oxygen atoms in total. The quantitative estimate of drug-likeness (QED) is 0.654. The van der Waals surface area contributed by atoms with Crippen molar-refractivity contribution < 1.29 is 19.6 Å². The van der Waals surface area contributed by atoms with Crippen molar-refractivity contribution in [3.8, 4) is 0 Å². The first-order chi connectivity index (χ1) is 9.97. The number of amides is 1. The summed E-state index contributed by atoms with van der Waals surface area (Å²) in [6, 6.07) is 7.79. The Morgan fingerprint density at radius 1 is 1.19 bits per heavy atom. The van der Waals surface area contributed by atoms with E-state index in [2.05, 4.69) is 10.3 Å². The van der Waals surface area contributed by atoms with Crippen LogP contribution in [-0.2, 0) is 0 Å². The molecule has 21 heavy (non-hydrogen) atoms. The predicted octanol–water partition coefficient (Wildman–Crippen LogP) is 1.94. The molecule has 0 atom stereocenters. The third kappa shape index (κ3) is 3.38. The lowest BCUT2D eigenvalue weighted by molar-refractivity contribution is -0.384. The van der Waals surface area contributed by atoms with Crippen molar-refractivity contribution in [1.82, 2.24) is 4.98 Å². The van der Waals surface area contributed by atoms with Crippen LogP contribution in [0.4, 0.5) is 11.4 Å². The average Bonchev–Trinajstić information content (AvgIpc) is 2.48. The maximum absolute atomic E-state index is 11.9. The molecule has 0 unspecified atom stereocenters. The van der Waals surface area contributed by atoms with Gasteiger partial charge in [-0.2, -0.15) is 0 Å². The van der Waals surface area contributed by atoms with E-state index < -0.39 is 16.8 Å². The minimum atomic E-state index is -1.24. The minimum absolute atomic E-state index is 0.0925. The Kier molecular flexibility index (Phi) is 3.89. The Morgan fingerprint density at radius 2 is 1.86 bits per heavy atom. The number of carbonyl (C=O) groups excluding carboxylic acids is 1. The van der Waals surface area contributed by atoms with Gasteiger partial charge < -0.3 is 10.4 Å². The number of carboxylic acid groups (broad SMARTS) is 1. The van der Waals surface area contributed by atoms with E-state index in [1.54, 1.807) is 0 Å². The van der Waals surface area contributed by atoms with Gasteiger partial charge in [-0.05, 0) is 24.3 Å². The fraction of sp³-hybridized carbons (Fsp3) is 0. The summed E-state index contributed by atoms with van der Waals surface area (Å²) in [7, 11) is 0. The standard InChI is InChI=1S/C13H9N3O5/c17-12(8-5-6-14-11(7-8)13(18)19)15-9-1-3-10(4-2-9)16(20)21/h1-7H,(H,15,17)(H,18,19). The molecule has 1 aromatic heterocycles. The van der Waals surface area contributed by atoms with Gasteiger partial charge in [0.05, 0.1) is 4.92 Å². The van der Waals surface area contributed by atoms with E-state index in [9.17, 15) is 19.7 Å². The molecular weight excluding hydrogens is 278 g/mol. The molecule has 1 aromatic carbocycles. The second kappa shape index (κ2) is 5.78. The molecule has 1 heterocycles. The Morgan fingerprint density at radius 3 is 2.43 bits per heavy atom. The zero-order valence-electron chi connectivity index (χ0n) is 10.5. The summed E-state index contributed by atoms with van der Waals surface area (Å²) >= 11 is 0. The van der Waals surface area contributed by atoms with Gasteiger partial charge in [-0.3, -0.25) is 14.9 Å². The maximum Gasteiger partial charge on any atom is 0.354 e. The second-order valence-electron chi connectivity index (χ2n) is 3.99. The number of carbonyl (C=O) groups is 2. The number of nitro groups is 1. The van der Waals surface area contributed by atoms with E-state index in [4.69, 9.17) is 5.11 Å². The van der Waals surface area contributed by atoms with Gasteiger partial charge in [0, 0.05) is 29.6 Å². The second-order valence-corrected chi connectivity index (χ2v) is 3.99. The Labute approximate surface area is 118 Å². The predicted molar refractivity (Wildman–Crippen MR) is 72.2 cm³/mol. The van der Waals surface area contributed by atoms with Crippen LogP contribution in [0.1, 0.15) is 20.8 Å². The van der Waals surface area contributed by atoms with Crippen LogP contribution < -0.4 is 5.32 Å². The summed E-state index contributed by atoms with van der Waals surface area (Å²) in [4.78, 5) is 36.3. The SMILES string of the molecule is O=C(Nc1ccc([N+](=O)[O-])cc1)c1ccnc(C(=O)O)c1. The van der Waals surface area contributed by atoms with Gasteiger partial charge in [-0.15, -0.1) is 0 Å². The van der Waals surface area contributed by atoms with Crippen molar-refractivity contribution >= 4 is 23.3 Å². The monoisotopic (exact) mass is 287 g/mol. The first kappa shape index (κ1) is 14.1. The number of carboxylic acids is 1. The van der Waals surface area contributed by atoms with Gasteiger partial charge in [-0.25, -0.2) is 9.78 Å². The van der Waals surface area contributed by atoms with Crippen LogP contribution in [0.25, 0.3) is 0 Å². The molecule has 0 saturated carbocycles. The highest BCUT2D eigenvalue weighted by Gasteiger charge is 2.11. The summed E-state index contributed by atoms with van der Waals surface area (Å²) in [6.07, 6.45) is 1.22. The summed E-state index contributed by atoms with van der Waals surface area (Å²) < 4.78 is 0. The van der Waals surface area contributed by atoms with Gasteiger partial charge in [0.2, 0.25) is 0 Å². The molecule has 0 aliphatic carbocycles. The number of nitro benzene ring substituents is 1. The van der Waals surface area contributed by atoms with Crippen molar-refractivity contribution in [3.05, 3.63) is 64.0 Å². The van der Waals surface area contributed by atoms with Crippen molar-refractivity contribution in [3.63, 3.8) is 0 Å². The Bertz CT molecular complexity index is 712. The number of aromatic nitrogens is 1. The fourth-order valence-electron chi connectivity index (χ4n) is 1.56. The van der Waals surface area contributed by atoms with Gasteiger partial charge in [0.25, 0.3) is 11.6 Å². The van der Waals surface area contributed by atoms with Crippen LogP contribution in [-0.4, -0.2) is 26.9 Å². The third-order valence-electron chi connectivity index (χ3n) is 2.58. The Balaban J connectivity index is 2.16. The van der Waals surface area contributed by atoms with E-state index in [1.807, 2.05) is 0 Å². The smallest absolute Gasteiger partial charge is 0.354 e. The molecule has 2 rings (SSSR count). The minimum Gasteiger partial charge on any atom is -0.477 e. The number of anilines is 1. The number of benzene rings is 1. The molecule has 1 amide bonds. The number of pyridine rings is 1. The lowest BCUT2D eigenvalue weighted by Crippen LogP contribution is -2.13. The number of hydrogen-bond acceptors (Lipinski definition) is 5. The van der Waals surface area contributed by atoms with Crippen molar-refractivity contribution in [2.24, 2.45) is 0 Å². The fourth-order valence-corrected chi connectivity index (χ4v) is 1.56. The van der Waals surface area contributed by atoms with Crippen molar-refractivity contribution in [1.29, 1.82) is 0 Å². The Hall–Kier alpha value is -3.29. The zero-order chi connectivity index (χ0) is 15.4. The topological polar surface area (TPSA) is 122 Å². The number of nitrogens with one attached hydrogen (secondary N) is 1. The van der Waals surface area contributed by atoms with Crippen molar-refractivity contribution in [2.75, 3.05) is 5.32 Å². The first-order valence-electron chi connectivity index (χ1n) is 5.72. The lowest BCUT2D eigenvalue weighted by Gasteiger charge is -2.05. The molecule has 0 spiro atoms. The highest BCUT2D eigenvalue weighted by Crippen LogP contribution is 2.16. The molecule has 8 heteroatoms. The highest BCUT2D eigenvalue weighted by atomic mass is 16.6. The van der Waals surface area contributed by atoms with Crippen LogP contribution in [0.15, 0.2) is 42.6 Å². The molecule has 0 aliphatic rings. The van der Waals surface area contributed by atoms with Gasteiger partial charge >= 0.3 is 5.97 Å². The van der Waals surface area contributed by atoms with Gasteiger partial charge in [0.15, 0.2) is 0 Å². The molecule has 0 bridgehead atoms. The summed E-state index contributed by atoms with van der Waals surface area (Å²) in [5, 5.41) is 21.8. The number of nitrogens with zero attached hydrogens (tertiary/aromatic N) is 2. The molecule has 2 N–H and O–H groups in total. The molecule has 0 radical (unpaired) electrons. The molecule has 106 valence electrons. The lowest BCUT2D eigenvalue weighted by atomic mass is 10.2. The summed E-state index contributed by atoms with van der Waals surface area (Å²) in [5.41, 5.74) is 0.150. The molecule has 0 saturated heterocycles. The van der Waals surface area contributed by atoms with Crippen LogP contribution in [0, 0.1) is 10.1 Å². The van der Waals surface area contributed by atoms with E-state index in [0.717, 1.165) is 6.07 Å². The van der Waals surface area contributed by atoms with Crippen LogP contribution in [0.3, 0.4) is 0 Å². The van der Waals surface area contributed by atoms with Crippen LogP contribution >= 0.6 is 0 Å². The van der Waals surface area contributed by atoms with Crippen LogP contribution in [0.2, 0.25) is 0 Å². The number of rotatable bonds is 4. The van der Waals surface area contributed by atoms with Crippen molar-refractivity contribution in [2.45, 2.75) is 0 Å². The maximum atomic E-state index is 11.9. The van der Waals surface area contributed by atoms with E-state index >= 15 is 0 Å². The first-order valence-corrected chi connectivity index (χ1v) is 5.72. The normalized spacial score (nSPS) is 9.90. The van der Waals surface area contributed by atoms with Gasteiger partial charge in [0.1, 0.15) is 5.69 Å². The largest absolute Gasteiger partial charge is 0.477 e. The average molecular weight is 287 g/mol. The number of hydrogen-bond donors (Lipinski definition) is 2. The van der Waals surface area contributed by atoms with E-state index in [0.29, 0.717) is 5.69 Å². The zero-order valence-corrected chi connectivity index (χ0v) is 10.5. The summed E-state index contributed by atoms with van der Waals surface area (Å²) in [6.45, 7) is 0. The molecule has 2 aromatic rings. The number of aromatic carboxylic acids is 1. The van der Waals surface area contributed by atoms with Crippen LogP contribution in [0.5, 0.6) is 0 Å². The number of non-ortho nitro benzene ring substituents is 1. The van der Waals surface area contributed by atoms with E-state index in [-0.39, 0.29) is 16.9 Å². The molecular formula is C13H9N3O5. The summed E-state index contributed by atoms with van der Waals surface area (Å²) in [5.74, 6) is -1.77. The molecule has 0 aliphatic heterocycles. The van der Waals surface area contributed by atoms with E-state index in [1.165, 1.54) is 36.5 Å².